The number of halogens is 1. The van der Waals surface area contributed by atoms with Crippen LogP contribution in [-0.2, 0) is 0 Å². The van der Waals surface area contributed by atoms with Gasteiger partial charge in [0.2, 0.25) is 0 Å². The number of carbonyl (C=O) groups is 1. The minimum Gasteiger partial charge on any atom is -0.381 e. The van der Waals surface area contributed by atoms with Crippen molar-refractivity contribution < 1.29 is 4.79 Å². The molecule has 0 amide bonds. The SMILES string of the molecule is C=C(CNc1ccccc1)C(=O)c1cccc(I)c1. The van der Waals surface area contributed by atoms with Gasteiger partial charge in [0.25, 0.3) is 0 Å². The minimum atomic E-state index is -0.0121. The average molecular weight is 363 g/mol. The van der Waals surface area contributed by atoms with E-state index in [1.165, 1.54) is 0 Å². The maximum absolute atomic E-state index is 12.2. The Morgan fingerprint density at radius 2 is 1.84 bits per heavy atom. The molecule has 0 spiro atoms. The number of hydrogen-bond acceptors (Lipinski definition) is 2. The Kier molecular flexibility index (Phi) is 4.74. The van der Waals surface area contributed by atoms with Gasteiger partial charge in [0.15, 0.2) is 5.78 Å². The summed E-state index contributed by atoms with van der Waals surface area (Å²) < 4.78 is 1.05. The number of ketones is 1. The van der Waals surface area contributed by atoms with Crippen LogP contribution in [0.15, 0.2) is 66.7 Å². The number of carbonyl (C=O) groups excluding carboxylic acids is 1. The smallest absolute Gasteiger partial charge is 0.190 e. The van der Waals surface area contributed by atoms with E-state index in [0.717, 1.165) is 9.26 Å². The standard InChI is InChI=1S/C16H14INO/c1-12(11-18-15-8-3-2-4-9-15)16(19)13-6-5-7-14(17)10-13/h2-10,18H,1,11H2. The van der Waals surface area contributed by atoms with Gasteiger partial charge in [0, 0.05) is 26.9 Å². The summed E-state index contributed by atoms with van der Waals surface area (Å²) in [6.45, 7) is 4.31. The highest BCUT2D eigenvalue weighted by Gasteiger charge is 2.10. The lowest BCUT2D eigenvalue weighted by molar-refractivity contribution is 0.103. The van der Waals surface area contributed by atoms with Crippen molar-refractivity contribution in [3.63, 3.8) is 0 Å². The molecule has 1 N–H and O–H groups in total. The Hall–Kier alpha value is -1.62. The van der Waals surface area contributed by atoms with Gasteiger partial charge in [-0.25, -0.2) is 0 Å². The molecule has 0 radical (unpaired) electrons. The summed E-state index contributed by atoms with van der Waals surface area (Å²) in [7, 11) is 0. The van der Waals surface area contributed by atoms with Crippen molar-refractivity contribution in [2.24, 2.45) is 0 Å². The van der Waals surface area contributed by atoms with E-state index in [1.54, 1.807) is 0 Å². The van der Waals surface area contributed by atoms with Crippen LogP contribution in [0, 0.1) is 3.57 Å². The van der Waals surface area contributed by atoms with Crippen LogP contribution >= 0.6 is 22.6 Å². The lowest BCUT2D eigenvalue weighted by atomic mass is 10.0. The number of para-hydroxylation sites is 1. The highest BCUT2D eigenvalue weighted by atomic mass is 127. The van der Waals surface area contributed by atoms with Gasteiger partial charge >= 0.3 is 0 Å². The fourth-order valence-corrected chi connectivity index (χ4v) is 2.22. The largest absolute Gasteiger partial charge is 0.381 e. The second-order valence-corrected chi connectivity index (χ2v) is 5.41. The summed E-state index contributed by atoms with van der Waals surface area (Å²) in [5.41, 5.74) is 2.23. The van der Waals surface area contributed by atoms with E-state index in [0.29, 0.717) is 17.7 Å². The van der Waals surface area contributed by atoms with Crippen molar-refractivity contribution in [2.45, 2.75) is 0 Å². The van der Waals surface area contributed by atoms with Crippen molar-refractivity contribution in [1.29, 1.82) is 0 Å². The van der Waals surface area contributed by atoms with Gasteiger partial charge in [0.1, 0.15) is 0 Å². The van der Waals surface area contributed by atoms with Gasteiger partial charge in [-0.3, -0.25) is 4.79 Å². The van der Waals surface area contributed by atoms with Crippen molar-refractivity contribution in [3.8, 4) is 0 Å². The third-order valence-corrected chi connectivity index (χ3v) is 3.36. The molecule has 96 valence electrons. The Balaban J connectivity index is 1.99. The van der Waals surface area contributed by atoms with Gasteiger partial charge < -0.3 is 5.32 Å². The number of rotatable bonds is 5. The van der Waals surface area contributed by atoms with E-state index in [4.69, 9.17) is 0 Å². The van der Waals surface area contributed by atoms with Crippen molar-refractivity contribution >= 4 is 34.1 Å². The molecule has 0 unspecified atom stereocenters. The molecule has 0 fully saturated rings. The number of Topliss-reactive ketones (excluding diaryl/α,β-unsaturated/α-hetero) is 1. The van der Waals surface area contributed by atoms with E-state index in [9.17, 15) is 4.79 Å². The van der Waals surface area contributed by atoms with Gasteiger partial charge in [-0.2, -0.15) is 0 Å². The zero-order valence-electron chi connectivity index (χ0n) is 10.4. The molecule has 0 aliphatic carbocycles. The summed E-state index contributed by atoms with van der Waals surface area (Å²) in [5.74, 6) is -0.0121. The zero-order chi connectivity index (χ0) is 13.7. The highest BCUT2D eigenvalue weighted by Crippen LogP contribution is 2.13. The summed E-state index contributed by atoms with van der Waals surface area (Å²) in [4.78, 5) is 12.2. The van der Waals surface area contributed by atoms with Crippen LogP contribution in [0.5, 0.6) is 0 Å². The van der Waals surface area contributed by atoms with Gasteiger partial charge in [-0.15, -0.1) is 0 Å². The molecule has 0 atom stereocenters. The van der Waals surface area contributed by atoms with E-state index in [1.807, 2.05) is 54.6 Å². The van der Waals surface area contributed by atoms with Crippen molar-refractivity contribution in [3.05, 3.63) is 75.9 Å². The van der Waals surface area contributed by atoms with Crippen LogP contribution in [-0.4, -0.2) is 12.3 Å². The number of anilines is 1. The monoisotopic (exact) mass is 363 g/mol. The summed E-state index contributed by atoms with van der Waals surface area (Å²) in [5, 5.41) is 3.19. The zero-order valence-corrected chi connectivity index (χ0v) is 12.6. The van der Waals surface area contributed by atoms with E-state index >= 15 is 0 Å². The fourth-order valence-electron chi connectivity index (χ4n) is 1.68. The number of nitrogens with one attached hydrogen (secondary N) is 1. The van der Waals surface area contributed by atoms with Crippen LogP contribution in [0.4, 0.5) is 5.69 Å². The molecule has 3 heteroatoms. The second kappa shape index (κ2) is 6.52. The third-order valence-electron chi connectivity index (χ3n) is 2.69. The van der Waals surface area contributed by atoms with Crippen LogP contribution < -0.4 is 5.32 Å². The molecule has 2 aromatic rings. The quantitative estimate of drug-likeness (QED) is 0.492. The first-order valence-corrected chi connectivity index (χ1v) is 7.01. The first kappa shape index (κ1) is 13.8. The molecule has 2 rings (SSSR count). The molecular formula is C16H14INO. The molecule has 0 aliphatic heterocycles. The highest BCUT2D eigenvalue weighted by molar-refractivity contribution is 14.1. The Morgan fingerprint density at radius 1 is 1.11 bits per heavy atom. The minimum absolute atomic E-state index is 0.0121. The topological polar surface area (TPSA) is 29.1 Å². The molecule has 0 aliphatic rings. The number of benzene rings is 2. The Labute approximate surface area is 126 Å². The van der Waals surface area contributed by atoms with Crippen LogP contribution in [0.3, 0.4) is 0 Å². The van der Waals surface area contributed by atoms with Crippen LogP contribution in [0.1, 0.15) is 10.4 Å². The second-order valence-electron chi connectivity index (χ2n) is 4.16. The maximum Gasteiger partial charge on any atom is 0.190 e. The lowest BCUT2D eigenvalue weighted by Crippen LogP contribution is -2.12. The van der Waals surface area contributed by atoms with Gasteiger partial charge in [-0.1, -0.05) is 36.9 Å². The van der Waals surface area contributed by atoms with Gasteiger partial charge in [-0.05, 0) is 46.9 Å². The predicted molar refractivity (Wildman–Crippen MR) is 87.6 cm³/mol. The lowest BCUT2D eigenvalue weighted by Gasteiger charge is -2.08. The summed E-state index contributed by atoms with van der Waals surface area (Å²) in [6.07, 6.45) is 0. The molecule has 0 saturated carbocycles. The first-order chi connectivity index (χ1) is 9.16. The van der Waals surface area contributed by atoms with E-state index in [-0.39, 0.29) is 5.78 Å². The van der Waals surface area contributed by atoms with Crippen LogP contribution in [0.2, 0.25) is 0 Å². The van der Waals surface area contributed by atoms with E-state index < -0.39 is 0 Å². The average Bonchev–Trinajstić information content (AvgIpc) is 2.45. The molecule has 0 aromatic heterocycles. The molecule has 2 nitrogen and oxygen atoms in total. The summed E-state index contributed by atoms with van der Waals surface area (Å²) >= 11 is 2.20. The Morgan fingerprint density at radius 3 is 2.53 bits per heavy atom. The Bertz CT molecular complexity index is 593. The van der Waals surface area contributed by atoms with Gasteiger partial charge in [0.05, 0.1) is 0 Å². The molecule has 0 bridgehead atoms. The van der Waals surface area contributed by atoms with Crippen LogP contribution in [0.25, 0.3) is 0 Å². The van der Waals surface area contributed by atoms with Crippen molar-refractivity contribution in [2.75, 3.05) is 11.9 Å². The molecular weight excluding hydrogens is 349 g/mol. The predicted octanol–water partition coefficient (Wildman–Crippen LogP) is 4.14. The number of hydrogen-bond donors (Lipinski definition) is 1. The molecule has 2 aromatic carbocycles. The molecule has 0 saturated heterocycles. The molecule has 19 heavy (non-hydrogen) atoms. The fraction of sp³-hybridized carbons (Fsp3) is 0.0625. The van der Waals surface area contributed by atoms with Crippen molar-refractivity contribution in [1.82, 2.24) is 0 Å². The maximum atomic E-state index is 12.2. The van der Waals surface area contributed by atoms with E-state index in [2.05, 4.69) is 34.5 Å². The summed E-state index contributed by atoms with van der Waals surface area (Å²) in [6, 6.07) is 17.3. The first-order valence-electron chi connectivity index (χ1n) is 5.94. The third kappa shape index (κ3) is 3.92. The normalized spacial score (nSPS) is 9.95. The molecule has 0 heterocycles.